The molecule has 1 heterocycles. The molecule has 0 unspecified atom stereocenters. The monoisotopic (exact) mass is 589 g/mol. The number of thioether (sulfide) groups is 1. The molecule has 0 bridgehead atoms. The van der Waals surface area contributed by atoms with Gasteiger partial charge in [0, 0.05) is 9.13 Å². The summed E-state index contributed by atoms with van der Waals surface area (Å²) in [5.74, 6) is 0.282. The lowest BCUT2D eigenvalue weighted by molar-refractivity contribution is -0.123. The average Bonchev–Trinajstić information content (AvgIpc) is 3.08. The molecule has 0 N–H and O–H groups in total. The van der Waals surface area contributed by atoms with Gasteiger partial charge in [0.05, 0.1) is 18.1 Å². The molecule has 8 heteroatoms. The van der Waals surface area contributed by atoms with Gasteiger partial charge in [-0.05, 0) is 88.8 Å². The summed E-state index contributed by atoms with van der Waals surface area (Å²) in [5.41, 5.74) is 2.02. The number of halogens is 2. The van der Waals surface area contributed by atoms with Gasteiger partial charge in [-0.1, -0.05) is 36.4 Å². The predicted octanol–water partition coefficient (Wildman–Crippen LogP) is 6.64. The molecule has 3 aromatic carbocycles. The maximum atomic E-state index is 13.9. The second-order valence-electron chi connectivity index (χ2n) is 7.41. The second kappa shape index (κ2) is 11.1. The van der Waals surface area contributed by atoms with Crippen LogP contribution in [0.5, 0.6) is 11.5 Å². The Bertz CT molecular complexity index is 1250. The zero-order valence-electron chi connectivity index (χ0n) is 18.3. The molecule has 1 aliphatic heterocycles. The van der Waals surface area contributed by atoms with E-state index in [0.717, 1.165) is 20.9 Å². The van der Waals surface area contributed by atoms with Gasteiger partial charge in [-0.15, -0.1) is 0 Å². The molecule has 0 spiro atoms. The zero-order chi connectivity index (χ0) is 24.1. The summed E-state index contributed by atoms with van der Waals surface area (Å²) in [5, 5.41) is -0.301. The Morgan fingerprint density at radius 3 is 2.50 bits per heavy atom. The Hall–Kier alpha value is -2.85. The first-order chi connectivity index (χ1) is 16.4. The number of carbonyl (C=O) groups is 2. The van der Waals surface area contributed by atoms with Crippen LogP contribution < -0.4 is 9.47 Å². The lowest BCUT2D eigenvalue weighted by Gasteiger charge is -2.13. The molecule has 0 aromatic heterocycles. The van der Waals surface area contributed by atoms with Crippen molar-refractivity contribution in [1.29, 1.82) is 0 Å². The minimum absolute atomic E-state index is 0.0590. The summed E-state index contributed by atoms with van der Waals surface area (Å²) >= 11 is 3.12. The summed E-state index contributed by atoms with van der Waals surface area (Å²) < 4.78 is 26.5. The number of carbonyl (C=O) groups excluding carboxylic acids is 2. The van der Waals surface area contributed by atoms with Crippen molar-refractivity contribution in [2.45, 2.75) is 20.1 Å². The fourth-order valence-electron chi connectivity index (χ4n) is 3.33. The highest BCUT2D eigenvalue weighted by Gasteiger charge is 2.35. The molecule has 4 rings (SSSR count). The van der Waals surface area contributed by atoms with Crippen molar-refractivity contribution in [3.05, 3.63) is 97.7 Å². The number of rotatable bonds is 8. The molecular formula is C26H21FINO4S. The van der Waals surface area contributed by atoms with E-state index in [2.05, 4.69) is 22.6 Å². The van der Waals surface area contributed by atoms with E-state index in [4.69, 9.17) is 9.47 Å². The first kappa shape index (κ1) is 24.3. The van der Waals surface area contributed by atoms with Crippen LogP contribution in [0.15, 0.2) is 71.6 Å². The van der Waals surface area contributed by atoms with Gasteiger partial charge in [-0.3, -0.25) is 14.5 Å². The SMILES string of the molecule is CCOc1cc(/C=C2\SC(=O)N(Cc3ccc(I)cc3)C2=O)ccc1OCc1ccccc1F. The summed E-state index contributed by atoms with van der Waals surface area (Å²) in [6.07, 6.45) is 1.67. The van der Waals surface area contributed by atoms with Crippen LogP contribution in [0.25, 0.3) is 6.08 Å². The van der Waals surface area contributed by atoms with Crippen molar-refractivity contribution >= 4 is 51.6 Å². The highest BCUT2D eigenvalue weighted by Crippen LogP contribution is 2.35. The first-order valence-corrected chi connectivity index (χ1v) is 12.5. The number of amides is 2. The van der Waals surface area contributed by atoms with Crippen molar-refractivity contribution in [2.24, 2.45) is 0 Å². The van der Waals surface area contributed by atoms with Gasteiger partial charge >= 0.3 is 0 Å². The Morgan fingerprint density at radius 1 is 1.00 bits per heavy atom. The van der Waals surface area contributed by atoms with Crippen molar-refractivity contribution in [3.8, 4) is 11.5 Å². The normalized spacial score (nSPS) is 14.7. The minimum atomic E-state index is -0.335. The largest absolute Gasteiger partial charge is 0.490 e. The van der Waals surface area contributed by atoms with Crippen LogP contribution >= 0.6 is 34.4 Å². The Morgan fingerprint density at radius 2 is 1.76 bits per heavy atom. The maximum absolute atomic E-state index is 13.9. The van der Waals surface area contributed by atoms with Crippen LogP contribution in [-0.4, -0.2) is 22.7 Å². The third-order valence-electron chi connectivity index (χ3n) is 5.03. The van der Waals surface area contributed by atoms with E-state index in [0.29, 0.717) is 34.1 Å². The third-order valence-corrected chi connectivity index (χ3v) is 6.66. The topological polar surface area (TPSA) is 55.8 Å². The summed E-state index contributed by atoms with van der Waals surface area (Å²) in [4.78, 5) is 27.0. The van der Waals surface area contributed by atoms with Crippen LogP contribution in [0, 0.1) is 9.39 Å². The standard InChI is InChI=1S/C26H21FINO4S/c1-2-32-23-13-18(9-12-22(23)33-16-19-5-3-4-6-21(19)27)14-24-25(30)29(26(31)34-24)15-17-7-10-20(28)11-8-17/h3-14H,2,15-16H2,1H3/b24-14-. The van der Waals surface area contributed by atoms with Gasteiger partial charge in [0.15, 0.2) is 11.5 Å². The second-order valence-corrected chi connectivity index (χ2v) is 9.65. The van der Waals surface area contributed by atoms with Crippen LogP contribution in [0.1, 0.15) is 23.6 Å². The fraction of sp³-hybridized carbons (Fsp3) is 0.154. The average molecular weight is 589 g/mol. The summed E-state index contributed by atoms with van der Waals surface area (Å²) in [6.45, 7) is 2.55. The minimum Gasteiger partial charge on any atom is -0.490 e. The Labute approximate surface area is 215 Å². The molecule has 1 fully saturated rings. The number of benzene rings is 3. The fourth-order valence-corrected chi connectivity index (χ4v) is 4.53. The molecule has 34 heavy (non-hydrogen) atoms. The van der Waals surface area contributed by atoms with Gasteiger partial charge < -0.3 is 9.47 Å². The molecular weight excluding hydrogens is 568 g/mol. The highest BCUT2D eigenvalue weighted by molar-refractivity contribution is 14.1. The van der Waals surface area contributed by atoms with Crippen LogP contribution in [0.2, 0.25) is 0 Å². The van der Waals surface area contributed by atoms with Gasteiger partial charge in [-0.25, -0.2) is 4.39 Å². The molecule has 0 aliphatic carbocycles. The molecule has 5 nitrogen and oxygen atoms in total. The lowest BCUT2D eigenvalue weighted by Crippen LogP contribution is -2.27. The predicted molar refractivity (Wildman–Crippen MR) is 139 cm³/mol. The van der Waals surface area contributed by atoms with E-state index >= 15 is 0 Å². The summed E-state index contributed by atoms with van der Waals surface area (Å²) in [6, 6.07) is 19.3. The van der Waals surface area contributed by atoms with Crippen molar-refractivity contribution in [3.63, 3.8) is 0 Å². The number of imide groups is 1. The molecule has 0 atom stereocenters. The number of nitrogens with zero attached hydrogens (tertiary/aromatic N) is 1. The lowest BCUT2D eigenvalue weighted by atomic mass is 10.1. The van der Waals surface area contributed by atoms with E-state index in [1.54, 1.807) is 42.5 Å². The number of hydrogen-bond donors (Lipinski definition) is 0. The molecule has 1 saturated heterocycles. The first-order valence-electron chi connectivity index (χ1n) is 10.6. The van der Waals surface area contributed by atoms with E-state index in [1.807, 2.05) is 31.2 Å². The quantitative estimate of drug-likeness (QED) is 0.218. The van der Waals surface area contributed by atoms with Gasteiger partial charge in [-0.2, -0.15) is 0 Å². The van der Waals surface area contributed by atoms with Crippen molar-refractivity contribution in [1.82, 2.24) is 4.90 Å². The van der Waals surface area contributed by atoms with E-state index in [9.17, 15) is 14.0 Å². The molecule has 2 amide bonds. The van der Waals surface area contributed by atoms with E-state index in [1.165, 1.54) is 11.0 Å². The Kier molecular flexibility index (Phi) is 7.89. The van der Waals surface area contributed by atoms with Gasteiger partial charge in [0.1, 0.15) is 12.4 Å². The molecule has 0 saturated carbocycles. The van der Waals surface area contributed by atoms with Crippen LogP contribution in [0.3, 0.4) is 0 Å². The van der Waals surface area contributed by atoms with Crippen molar-refractivity contribution in [2.75, 3.05) is 6.61 Å². The van der Waals surface area contributed by atoms with Crippen LogP contribution in [-0.2, 0) is 17.9 Å². The molecule has 174 valence electrons. The molecule has 1 aliphatic rings. The van der Waals surface area contributed by atoms with E-state index in [-0.39, 0.29) is 30.1 Å². The zero-order valence-corrected chi connectivity index (χ0v) is 21.3. The molecule has 3 aromatic rings. The highest BCUT2D eigenvalue weighted by atomic mass is 127. The van der Waals surface area contributed by atoms with E-state index < -0.39 is 0 Å². The third kappa shape index (κ3) is 5.79. The summed E-state index contributed by atoms with van der Waals surface area (Å²) in [7, 11) is 0. The molecule has 0 radical (unpaired) electrons. The van der Waals surface area contributed by atoms with Crippen molar-refractivity contribution < 1.29 is 23.5 Å². The van der Waals surface area contributed by atoms with Crippen LogP contribution in [0.4, 0.5) is 9.18 Å². The number of ether oxygens (including phenoxy) is 2. The van der Waals surface area contributed by atoms with Gasteiger partial charge in [0.2, 0.25) is 0 Å². The van der Waals surface area contributed by atoms with Gasteiger partial charge in [0.25, 0.3) is 11.1 Å². The number of hydrogen-bond acceptors (Lipinski definition) is 5. The maximum Gasteiger partial charge on any atom is 0.293 e. The smallest absolute Gasteiger partial charge is 0.293 e. The Balaban J connectivity index is 1.51.